The minimum absolute atomic E-state index is 0.0796. The summed E-state index contributed by atoms with van der Waals surface area (Å²) in [7, 11) is 0. The van der Waals surface area contributed by atoms with E-state index in [2.05, 4.69) is 10.3 Å². The van der Waals surface area contributed by atoms with Crippen molar-refractivity contribution in [1.29, 1.82) is 0 Å². The maximum absolute atomic E-state index is 12.0. The summed E-state index contributed by atoms with van der Waals surface area (Å²) in [5.41, 5.74) is 1.48. The van der Waals surface area contributed by atoms with Crippen molar-refractivity contribution in [1.82, 2.24) is 10.3 Å². The molecule has 2 aromatic rings. The highest BCUT2D eigenvalue weighted by molar-refractivity contribution is 5.78. The van der Waals surface area contributed by atoms with E-state index in [1.807, 2.05) is 37.3 Å². The Hall–Kier alpha value is -2.14. The number of hydrogen-bond acceptors (Lipinski definition) is 4. The van der Waals surface area contributed by atoms with E-state index < -0.39 is 0 Å². The summed E-state index contributed by atoms with van der Waals surface area (Å²) in [6.07, 6.45) is 2.15. The Balaban J connectivity index is 1.63. The normalized spacial score (nSPS) is 15.5. The van der Waals surface area contributed by atoms with Crippen molar-refractivity contribution >= 4 is 5.91 Å². The standard InChI is InChI=1S/C17H20N2O3/c1-12-14(9-15(21)18-10-17(11-20)7-8-17)19-16(22-12)13-5-3-2-4-6-13/h2-6,20H,7-11H2,1H3,(H,18,21). The molecular formula is C17H20N2O3. The molecule has 116 valence electrons. The summed E-state index contributed by atoms with van der Waals surface area (Å²) in [5.74, 6) is 1.11. The molecule has 3 rings (SSSR count). The third kappa shape index (κ3) is 3.20. The number of benzene rings is 1. The Kier molecular flexibility index (Phi) is 3.98. The van der Waals surface area contributed by atoms with E-state index in [-0.39, 0.29) is 24.3 Å². The number of hydrogen-bond donors (Lipinski definition) is 2. The van der Waals surface area contributed by atoms with Crippen LogP contribution >= 0.6 is 0 Å². The zero-order valence-corrected chi connectivity index (χ0v) is 12.6. The number of carbonyl (C=O) groups is 1. The first-order valence-corrected chi connectivity index (χ1v) is 7.51. The zero-order valence-electron chi connectivity index (χ0n) is 12.6. The number of aliphatic hydroxyl groups is 1. The minimum Gasteiger partial charge on any atom is -0.441 e. The van der Waals surface area contributed by atoms with Gasteiger partial charge in [-0.2, -0.15) is 0 Å². The van der Waals surface area contributed by atoms with Gasteiger partial charge in [0.1, 0.15) is 5.76 Å². The van der Waals surface area contributed by atoms with E-state index in [1.54, 1.807) is 0 Å². The molecule has 0 spiro atoms. The average molecular weight is 300 g/mol. The molecule has 1 aromatic heterocycles. The molecule has 0 atom stereocenters. The van der Waals surface area contributed by atoms with Gasteiger partial charge >= 0.3 is 0 Å². The molecule has 22 heavy (non-hydrogen) atoms. The lowest BCUT2D eigenvalue weighted by atomic mass is 10.1. The van der Waals surface area contributed by atoms with Crippen LogP contribution in [0, 0.1) is 12.3 Å². The van der Waals surface area contributed by atoms with Gasteiger partial charge in [-0.25, -0.2) is 4.98 Å². The number of oxazole rings is 1. The average Bonchev–Trinajstić information content (AvgIpc) is 3.24. The Bertz CT molecular complexity index is 660. The molecule has 1 heterocycles. The van der Waals surface area contributed by atoms with E-state index in [0.717, 1.165) is 18.4 Å². The van der Waals surface area contributed by atoms with Gasteiger partial charge in [0, 0.05) is 17.5 Å². The molecule has 1 aliphatic carbocycles. The summed E-state index contributed by atoms with van der Waals surface area (Å²) in [6.45, 7) is 2.48. The fourth-order valence-electron chi connectivity index (χ4n) is 2.36. The minimum atomic E-state index is -0.0873. The monoisotopic (exact) mass is 300 g/mol. The Labute approximate surface area is 129 Å². The molecule has 1 aliphatic rings. The van der Waals surface area contributed by atoms with Crippen LogP contribution in [-0.2, 0) is 11.2 Å². The Morgan fingerprint density at radius 1 is 1.36 bits per heavy atom. The summed E-state index contributed by atoms with van der Waals surface area (Å²) in [6, 6.07) is 9.62. The number of aromatic nitrogens is 1. The van der Waals surface area contributed by atoms with Crippen LogP contribution in [0.25, 0.3) is 11.5 Å². The number of carbonyl (C=O) groups excluding carboxylic acids is 1. The molecule has 2 N–H and O–H groups in total. The zero-order chi connectivity index (χ0) is 15.6. The molecule has 1 saturated carbocycles. The van der Waals surface area contributed by atoms with Gasteiger partial charge in [-0.3, -0.25) is 4.79 Å². The third-order valence-electron chi connectivity index (χ3n) is 4.19. The van der Waals surface area contributed by atoms with Crippen LogP contribution < -0.4 is 5.32 Å². The number of amides is 1. The predicted molar refractivity (Wildman–Crippen MR) is 82.1 cm³/mol. The van der Waals surface area contributed by atoms with E-state index in [4.69, 9.17) is 4.42 Å². The third-order valence-corrected chi connectivity index (χ3v) is 4.19. The number of aliphatic hydroxyl groups excluding tert-OH is 1. The first-order valence-electron chi connectivity index (χ1n) is 7.51. The largest absolute Gasteiger partial charge is 0.441 e. The first kappa shape index (κ1) is 14.8. The van der Waals surface area contributed by atoms with E-state index in [1.165, 1.54) is 0 Å². The first-order chi connectivity index (χ1) is 10.6. The second-order valence-electron chi connectivity index (χ2n) is 6.00. The fraction of sp³-hybridized carbons (Fsp3) is 0.412. The fourth-order valence-corrected chi connectivity index (χ4v) is 2.36. The van der Waals surface area contributed by atoms with Gasteiger partial charge in [0.25, 0.3) is 0 Å². The lowest BCUT2D eigenvalue weighted by Crippen LogP contribution is -2.33. The van der Waals surface area contributed by atoms with Crippen molar-refractivity contribution in [3.05, 3.63) is 41.8 Å². The van der Waals surface area contributed by atoms with Crippen molar-refractivity contribution < 1.29 is 14.3 Å². The molecule has 1 aromatic carbocycles. The second kappa shape index (κ2) is 5.93. The summed E-state index contributed by atoms with van der Waals surface area (Å²) in [5, 5.41) is 12.1. The highest BCUT2D eigenvalue weighted by Crippen LogP contribution is 2.44. The van der Waals surface area contributed by atoms with Crippen molar-refractivity contribution in [3.63, 3.8) is 0 Å². The van der Waals surface area contributed by atoms with Crippen molar-refractivity contribution in [2.75, 3.05) is 13.2 Å². The molecular weight excluding hydrogens is 280 g/mol. The van der Waals surface area contributed by atoms with Gasteiger partial charge in [-0.1, -0.05) is 18.2 Å². The van der Waals surface area contributed by atoms with E-state index >= 15 is 0 Å². The molecule has 5 heteroatoms. The van der Waals surface area contributed by atoms with E-state index in [0.29, 0.717) is 23.9 Å². The molecule has 0 aliphatic heterocycles. The maximum atomic E-state index is 12.0. The number of rotatable bonds is 6. The van der Waals surface area contributed by atoms with Gasteiger partial charge in [-0.05, 0) is 31.9 Å². The van der Waals surface area contributed by atoms with Crippen LogP contribution in [0.3, 0.4) is 0 Å². The van der Waals surface area contributed by atoms with Gasteiger partial charge in [-0.15, -0.1) is 0 Å². The maximum Gasteiger partial charge on any atom is 0.226 e. The highest BCUT2D eigenvalue weighted by Gasteiger charge is 2.42. The van der Waals surface area contributed by atoms with Gasteiger partial charge in [0.2, 0.25) is 11.8 Å². The molecule has 5 nitrogen and oxygen atoms in total. The molecule has 0 saturated heterocycles. The molecule has 1 fully saturated rings. The Morgan fingerprint density at radius 2 is 2.09 bits per heavy atom. The van der Waals surface area contributed by atoms with Gasteiger partial charge < -0.3 is 14.8 Å². The van der Waals surface area contributed by atoms with Gasteiger partial charge in [0.05, 0.1) is 18.7 Å². The predicted octanol–water partition coefficient (Wildman–Crippen LogP) is 2.08. The van der Waals surface area contributed by atoms with E-state index in [9.17, 15) is 9.90 Å². The van der Waals surface area contributed by atoms with Crippen LogP contribution in [0.2, 0.25) is 0 Å². The van der Waals surface area contributed by atoms with Crippen LogP contribution in [-0.4, -0.2) is 29.1 Å². The highest BCUT2D eigenvalue weighted by atomic mass is 16.4. The summed E-state index contributed by atoms with van der Waals surface area (Å²) >= 11 is 0. The SMILES string of the molecule is Cc1oc(-c2ccccc2)nc1CC(=O)NCC1(CO)CC1. The smallest absolute Gasteiger partial charge is 0.226 e. The number of aryl methyl sites for hydroxylation is 1. The van der Waals surface area contributed by atoms with Crippen molar-refractivity contribution in [2.45, 2.75) is 26.2 Å². The van der Waals surface area contributed by atoms with Gasteiger partial charge in [0.15, 0.2) is 0 Å². The van der Waals surface area contributed by atoms with Crippen LogP contribution in [0.5, 0.6) is 0 Å². The summed E-state index contributed by atoms with van der Waals surface area (Å²) in [4.78, 5) is 16.4. The van der Waals surface area contributed by atoms with Crippen LogP contribution in [0.1, 0.15) is 24.3 Å². The molecule has 0 radical (unpaired) electrons. The van der Waals surface area contributed by atoms with Crippen LogP contribution in [0.15, 0.2) is 34.7 Å². The quantitative estimate of drug-likeness (QED) is 0.856. The summed E-state index contributed by atoms with van der Waals surface area (Å²) < 4.78 is 5.65. The van der Waals surface area contributed by atoms with Crippen molar-refractivity contribution in [3.8, 4) is 11.5 Å². The molecule has 1 amide bonds. The second-order valence-corrected chi connectivity index (χ2v) is 6.00. The van der Waals surface area contributed by atoms with Crippen molar-refractivity contribution in [2.24, 2.45) is 5.41 Å². The topological polar surface area (TPSA) is 75.4 Å². The lowest BCUT2D eigenvalue weighted by molar-refractivity contribution is -0.120. The molecule has 0 bridgehead atoms. The number of nitrogens with zero attached hydrogens (tertiary/aromatic N) is 1. The number of nitrogens with one attached hydrogen (secondary N) is 1. The molecule has 0 unspecified atom stereocenters. The lowest BCUT2D eigenvalue weighted by Gasteiger charge is -2.12. The Morgan fingerprint density at radius 3 is 2.73 bits per heavy atom. The van der Waals surface area contributed by atoms with Crippen LogP contribution in [0.4, 0.5) is 0 Å².